The average Bonchev–Trinajstić information content (AvgIpc) is 3.13. The number of carbonyl (C=O) groups is 1. The Kier molecular flexibility index (Phi) is 5.75. The minimum Gasteiger partial charge on any atom is -0.492 e. The molecule has 5 nitrogen and oxygen atoms in total. The molecule has 1 unspecified atom stereocenters. The van der Waals surface area contributed by atoms with Crippen molar-refractivity contribution in [3.63, 3.8) is 0 Å². The number of H-pyrrole nitrogens is 1. The van der Waals surface area contributed by atoms with Crippen molar-refractivity contribution < 1.29 is 9.53 Å². The zero-order valence-corrected chi connectivity index (χ0v) is 14.3. The van der Waals surface area contributed by atoms with Crippen molar-refractivity contribution in [2.75, 3.05) is 19.7 Å². The number of rotatable bonds is 6. The van der Waals surface area contributed by atoms with E-state index in [4.69, 9.17) is 16.3 Å². The molecule has 1 fully saturated rings. The molecule has 1 atom stereocenters. The standard InChI is InChI=1S/C18H22ClN3O2/c19-16-5-1-2-6-17(16)24-12-14-4-3-9-22(11-14)18(23)8-7-15-10-20-13-21-15/h1-2,5-6,10,13-14H,3-4,7-9,11-12H2,(H,20,21). The van der Waals surface area contributed by atoms with Gasteiger partial charge in [0.1, 0.15) is 5.75 Å². The van der Waals surface area contributed by atoms with Gasteiger partial charge in [-0.2, -0.15) is 0 Å². The predicted molar refractivity (Wildman–Crippen MR) is 93.2 cm³/mol. The summed E-state index contributed by atoms with van der Waals surface area (Å²) < 4.78 is 5.84. The van der Waals surface area contributed by atoms with Gasteiger partial charge in [-0.1, -0.05) is 23.7 Å². The first-order chi connectivity index (χ1) is 11.7. The molecule has 128 valence electrons. The van der Waals surface area contributed by atoms with E-state index < -0.39 is 0 Å². The Hall–Kier alpha value is -2.01. The minimum atomic E-state index is 0.201. The Balaban J connectivity index is 1.47. The molecular weight excluding hydrogens is 326 g/mol. The SMILES string of the molecule is O=C(CCc1cnc[nH]1)N1CCCC(COc2ccccc2Cl)C1. The molecular formula is C18H22ClN3O2. The Morgan fingerprint density at radius 1 is 1.42 bits per heavy atom. The fourth-order valence-electron chi connectivity index (χ4n) is 3.02. The number of hydrogen-bond donors (Lipinski definition) is 1. The number of aryl methyl sites for hydroxylation is 1. The lowest BCUT2D eigenvalue weighted by Crippen LogP contribution is -2.41. The van der Waals surface area contributed by atoms with Crippen LogP contribution in [-0.4, -0.2) is 40.5 Å². The van der Waals surface area contributed by atoms with E-state index in [1.165, 1.54) is 0 Å². The van der Waals surface area contributed by atoms with Gasteiger partial charge in [-0.15, -0.1) is 0 Å². The molecule has 1 N–H and O–H groups in total. The monoisotopic (exact) mass is 347 g/mol. The smallest absolute Gasteiger partial charge is 0.222 e. The number of piperidine rings is 1. The first-order valence-electron chi connectivity index (χ1n) is 8.34. The molecule has 0 radical (unpaired) electrons. The second-order valence-corrected chi connectivity index (χ2v) is 6.57. The van der Waals surface area contributed by atoms with Crippen LogP contribution in [0, 0.1) is 5.92 Å². The quantitative estimate of drug-likeness (QED) is 0.872. The molecule has 3 rings (SSSR count). The Morgan fingerprint density at radius 2 is 2.29 bits per heavy atom. The van der Waals surface area contributed by atoms with Gasteiger partial charge in [-0.05, 0) is 31.4 Å². The third-order valence-corrected chi connectivity index (χ3v) is 4.66. The van der Waals surface area contributed by atoms with E-state index in [1.54, 1.807) is 12.5 Å². The van der Waals surface area contributed by atoms with Crippen LogP contribution in [0.2, 0.25) is 5.02 Å². The number of carbonyl (C=O) groups excluding carboxylic acids is 1. The summed E-state index contributed by atoms with van der Waals surface area (Å²) >= 11 is 6.11. The molecule has 24 heavy (non-hydrogen) atoms. The number of nitrogens with zero attached hydrogens (tertiary/aromatic N) is 2. The summed E-state index contributed by atoms with van der Waals surface area (Å²) in [6, 6.07) is 7.49. The number of amides is 1. The number of benzene rings is 1. The van der Waals surface area contributed by atoms with E-state index in [2.05, 4.69) is 9.97 Å². The van der Waals surface area contributed by atoms with Gasteiger partial charge >= 0.3 is 0 Å². The van der Waals surface area contributed by atoms with E-state index in [0.717, 1.165) is 31.6 Å². The fraction of sp³-hybridized carbons (Fsp3) is 0.444. The van der Waals surface area contributed by atoms with Crippen LogP contribution in [0.5, 0.6) is 5.75 Å². The summed E-state index contributed by atoms with van der Waals surface area (Å²) in [6.07, 6.45) is 6.73. The van der Waals surface area contributed by atoms with E-state index >= 15 is 0 Å². The predicted octanol–water partition coefficient (Wildman–Crippen LogP) is 3.31. The molecule has 0 saturated carbocycles. The van der Waals surface area contributed by atoms with Crippen LogP contribution in [-0.2, 0) is 11.2 Å². The highest BCUT2D eigenvalue weighted by molar-refractivity contribution is 6.32. The first-order valence-corrected chi connectivity index (χ1v) is 8.72. The number of halogens is 1. The van der Waals surface area contributed by atoms with Crippen molar-refractivity contribution in [2.45, 2.75) is 25.7 Å². The molecule has 2 heterocycles. The first kappa shape index (κ1) is 16.8. The molecule has 0 aliphatic carbocycles. The van der Waals surface area contributed by atoms with E-state index in [0.29, 0.717) is 36.1 Å². The molecule has 1 saturated heterocycles. The van der Waals surface area contributed by atoms with Crippen molar-refractivity contribution in [3.8, 4) is 5.75 Å². The molecule has 1 aromatic heterocycles. The number of hydrogen-bond acceptors (Lipinski definition) is 3. The maximum Gasteiger partial charge on any atom is 0.222 e. The lowest BCUT2D eigenvalue weighted by molar-refractivity contribution is -0.133. The average molecular weight is 348 g/mol. The summed E-state index contributed by atoms with van der Waals surface area (Å²) in [6.45, 7) is 2.19. The highest BCUT2D eigenvalue weighted by Gasteiger charge is 2.24. The minimum absolute atomic E-state index is 0.201. The van der Waals surface area contributed by atoms with Crippen LogP contribution in [0.1, 0.15) is 25.0 Å². The Bertz CT molecular complexity index is 660. The number of aromatic amines is 1. The van der Waals surface area contributed by atoms with Crippen molar-refractivity contribution in [1.82, 2.24) is 14.9 Å². The topological polar surface area (TPSA) is 58.2 Å². The largest absolute Gasteiger partial charge is 0.492 e. The van der Waals surface area contributed by atoms with Gasteiger partial charge in [0.25, 0.3) is 0 Å². The zero-order valence-electron chi connectivity index (χ0n) is 13.6. The van der Waals surface area contributed by atoms with Crippen molar-refractivity contribution in [2.24, 2.45) is 5.92 Å². The molecule has 0 spiro atoms. The zero-order chi connectivity index (χ0) is 16.8. The summed E-state index contributed by atoms with van der Waals surface area (Å²) in [4.78, 5) is 21.4. The molecule has 1 aliphatic rings. The van der Waals surface area contributed by atoms with Crippen LogP contribution in [0.25, 0.3) is 0 Å². The van der Waals surface area contributed by atoms with Gasteiger partial charge in [0, 0.05) is 37.3 Å². The number of aromatic nitrogens is 2. The summed E-state index contributed by atoms with van der Waals surface area (Å²) in [7, 11) is 0. The van der Waals surface area contributed by atoms with E-state index in [1.807, 2.05) is 29.2 Å². The number of likely N-dealkylation sites (tertiary alicyclic amines) is 1. The van der Waals surface area contributed by atoms with E-state index in [-0.39, 0.29) is 5.91 Å². The van der Waals surface area contributed by atoms with Crippen LogP contribution in [0.3, 0.4) is 0 Å². The van der Waals surface area contributed by atoms with Crippen molar-refractivity contribution >= 4 is 17.5 Å². The van der Waals surface area contributed by atoms with Crippen molar-refractivity contribution in [3.05, 3.63) is 47.5 Å². The molecule has 1 aromatic carbocycles. The van der Waals surface area contributed by atoms with Crippen LogP contribution >= 0.6 is 11.6 Å². The van der Waals surface area contributed by atoms with Crippen LogP contribution in [0.15, 0.2) is 36.8 Å². The molecule has 6 heteroatoms. The summed E-state index contributed by atoms with van der Waals surface area (Å²) in [5.74, 6) is 1.26. The van der Waals surface area contributed by atoms with Crippen LogP contribution in [0.4, 0.5) is 0 Å². The highest BCUT2D eigenvalue weighted by atomic mass is 35.5. The number of ether oxygens (including phenoxy) is 1. The molecule has 2 aromatic rings. The van der Waals surface area contributed by atoms with Gasteiger partial charge in [-0.25, -0.2) is 4.98 Å². The second kappa shape index (κ2) is 8.20. The normalized spacial score (nSPS) is 17.7. The van der Waals surface area contributed by atoms with Gasteiger partial charge in [-0.3, -0.25) is 4.79 Å². The third-order valence-electron chi connectivity index (χ3n) is 4.35. The van der Waals surface area contributed by atoms with Gasteiger partial charge in [0.05, 0.1) is 18.0 Å². The molecule has 1 aliphatic heterocycles. The lowest BCUT2D eigenvalue weighted by atomic mass is 9.98. The maximum atomic E-state index is 12.4. The number of imidazole rings is 1. The van der Waals surface area contributed by atoms with Gasteiger partial charge in [0.15, 0.2) is 0 Å². The Morgan fingerprint density at radius 3 is 3.08 bits per heavy atom. The van der Waals surface area contributed by atoms with E-state index in [9.17, 15) is 4.79 Å². The highest BCUT2D eigenvalue weighted by Crippen LogP contribution is 2.25. The fourth-order valence-corrected chi connectivity index (χ4v) is 3.21. The maximum absolute atomic E-state index is 12.4. The third kappa shape index (κ3) is 4.51. The lowest BCUT2D eigenvalue weighted by Gasteiger charge is -2.32. The van der Waals surface area contributed by atoms with Crippen molar-refractivity contribution in [1.29, 1.82) is 0 Å². The molecule has 0 bridgehead atoms. The Labute approximate surface area is 147 Å². The number of nitrogens with one attached hydrogen (secondary N) is 1. The molecule has 1 amide bonds. The second-order valence-electron chi connectivity index (χ2n) is 6.17. The van der Waals surface area contributed by atoms with Crippen LogP contribution < -0.4 is 4.74 Å². The van der Waals surface area contributed by atoms with Gasteiger partial charge < -0.3 is 14.6 Å². The summed E-state index contributed by atoms with van der Waals surface area (Å²) in [5.41, 5.74) is 0.999. The van der Waals surface area contributed by atoms with Gasteiger partial charge in [0.2, 0.25) is 5.91 Å². The summed E-state index contributed by atoms with van der Waals surface area (Å²) in [5, 5.41) is 0.626. The number of para-hydroxylation sites is 1.